The summed E-state index contributed by atoms with van der Waals surface area (Å²) in [6.07, 6.45) is 2.25. The Morgan fingerprint density at radius 3 is 2.57 bits per heavy atom. The van der Waals surface area contributed by atoms with E-state index in [4.69, 9.17) is 34.8 Å². The molecule has 0 radical (unpaired) electrons. The molecule has 0 bridgehead atoms. The van der Waals surface area contributed by atoms with Gasteiger partial charge in [0.05, 0.1) is 40.2 Å². The molecule has 148 valence electrons. The van der Waals surface area contributed by atoms with Crippen LogP contribution in [0, 0.1) is 11.6 Å². The third kappa shape index (κ3) is 3.73. The summed E-state index contributed by atoms with van der Waals surface area (Å²) in [5.74, 6) is 4.15. The third-order valence-corrected chi connectivity index (χ3v) is 5.03. The van der Waals surface area contributed by atoms with Crippen molar-refractivity contribution in [3.63, 3.8) is 0 Å². The Morgan fingerprint density at radius 2 is 1.93 bits per heavy atom. The van der Waals surface area contributed by atoms with Crippen LogP contribution >= 0.6 is 23.2 Å². The van der Waals surface area contributed by atoms with E-state index in [2.05, 4.69) is 9.97 Å². The molecule has 1 aliphatic rings. The summed E-state index contributed by atoms with van der Waals surface area (Å²) >= 11 is 11.6. The molecule has 7 nitrogen and oxygen atoms in total. The molecule has 1 atom stereocenters. The molecule has 0 saturated carbocycles. The summed E-state index contributed by atoms with van der Waals surface area (Å²) in [4.78, 5) is 22.0. The van der Waals surface area contributed by atoms with E-state index in [9.17, 15) is 13.6 Å². The van der Waals surface area contributed by atoms with Gasteiger partial charge in [0.25, 0.3) is 5.91 Å². The number of benzene rings is 1. The summed E-state index contributed by atoms with van der Waals surface area (Å²) in [7, 11) is 0. The van der Waals surface area contributed by atoms with E-state index in [0.717, 1.165) is 17.4 Å². The van der Waals surface area contributed by atoms with Crippen molar-refractivity contribution in [3.8, 4) is 0 Å². The number of hydrogen-bond donors (Lipinski definition) is 2. The highest BCUT2D eigenvalue weighted by Gasteiger charge is 2.32. The normalized spacial score (nSPS) is 17.1. The molecular weight excluding hydrogens is 413 g/mol. The van der Waals surface area contributed by atoms with Gasteiger partial charge in [-0.15, -0.1) is 0 Å². The van der Waals surface area contributed by atoms with E-state index in [-0.39, 0.29) is 40.6 Å². The molecule has 1 aliphatic heterocycles. The molecule has 1 amide bonds. The van der Waals surface area contributed by atoms with E-state index in [0.29, 0.717) is 11.4 Å². The Hall–Kier alpha value is -2.49. The van der Waals surface area contributed by atoms with E-state index >= 15 is 0 Å². The predicted octanol–water partition coefficient (Wildman–Crippen LogP) is 2.85. The first kappa shape index (κ1) is 20.2. The molecule has 2 heterocycles. The van der Waals surface area contributed by atoms with E-state index < -0.39 is 17.5 Å². The maximum absolute atomic E-state index is 13.9. The number of aromatic nitrogens is 2. The van der Waals surface area contributed by atoms with Crippen molar-refractivity contribution in [2.75, 3.05) is 11.6 Å². The minimum Gasteiger partial charge on any atom is -0.399 e. The molecular formula is C17H16Cl2F2N6O. The molecule has 0 aliphatic carbocycles. The topological polar surface area (TPSA) is 101 Å². The second-order valence-corrected chi connectivity index (χ2v) is 7.04. The zero-order valence-electron chi connectivity index (χ0n) is 14.7. The van der Waals surface area contributed by atoms with Crippen LogP contribution in [0.25, 0.3) is 0 Å². The van der Waals surface area contributed by atoms with Crippen LogP contribution in [0.15, 0.2) is 35.9 Å². The Morgan fingerprint density at radius 1 is 1.29 bits per heavy atom. The van der Waals surface area contributed by atoms with Crippen molar-refractivity contribution in [2.45, 2.75) is 19.4 Å². The molecule has 0 fully saturated rings. The molecule has 2 aromatic rings. The van der Waals surface area contributed by atoms with Crippen LogP contribution in [-0.4, -0.2) is 33.4 Å². The highest BCUT2D eigenvalue weighted by atomic mass is 35.5. The van der Waals surface area contributed by atoms with Crippen molar-refractivity contribution < 1.29 is 13.6 Å². The van der Waals surface area contributed by atoms with Gasteiger partial charge in [0.1, 0.15) is 0 Å². The number of hydrogen-bond acceptors (Lipinski definition) is 6. The van der Waals surface area contributed by atoms with Gasteiger partial charge >= 0.3 is 0 Å². The van der Waals surface area contributed by atoms with Gasteiger partial charge in [-0.05, 0) is 19.1 Å². The van der Waals surface area contributed by atoms with Crippen LogP contribution < -0.4 is 16.6 Å². The van der Waals surface area contributed by atoms with E-state index in [1.807, 2.05) is 0 Å². The molecule has 3 rings (SSSR count). The minimum absolute atomic E-state index is 0.0156. The molecule has 1 aromatic heterocycles. The van der Waals surface area contributed by atoms with Gasteiger partial charge in [-0.25, -0.2) is 29.6 Å². The average Bonchev–Trinajstić information content (AvgIpc) is 2.67. The van der Waals surface area contributed by atoms with Crippen LogP contribution in [0.2, 0.25) is 10.0 Å². The van der Waals surface area contributed by atoms with Crippen molar-refractivity contribution >= 4 is 35.1 Å². The Kier molecular flexibility index (Phi) is 5.69. The Labute approximate surface area is 169 Å². The highest BCUT2D eigenvalue weighted by molar-refractivity contribution is 6.37. The minimum atomic E-state index is -0.857. The summed E-state index contributed by atoms with van der Waals surface area (Å²) in [6, 6.07) is 2.29. The van der Waals surface area contributed by atoms with Gasteiger partial charge in [0, 0.05) is 18.2 Å². The molecule has 11 heteroatoms. The lowest BCUT2D eigenvalue weighted by atomic mass is 10.0. The molecule has 0 unspecified atom stereocenters. The quantitative estimate of drug-likeness (QED) is 0.442. The van der Waals surface area contributed by atoms with Crippen LogP contribution in [0.1, 0.15) is 23.7 Å². The van der Waals surface area contributed by atoms with Gasteiger partial charge in [0.2, 0.25) is 5.95 Å². The highest BCUT2D eigenvalue weighted by Crippen LogP contribution is 2.30. The van der Waals surface area contributed by atoms with Crippen molar-refractivity contribution in [1.82, 2.24) is 14.9 Å². The van der Waals surface area contributed by atoms with Crippen LogP contribution in [0.4, 0.5) is 14.7 Å². The first-order chi connectivity index (χ1) is 13.2. The first-order valence-electron chi connectivity index (χ1n) is 8.15. The monoisotopic (exact) mass is 428 g/mol. The van der Waals surface area contributed by atoms with Gasteiger partial charge in [0.15, 0.2) is 11.6 Å². The maximum atomic E-state index is 13.9. The van der Waals surface area contributed by atoms with Crippen LogP contribution in [0.3, 0.4) is 0 Å². The fourth-order valence-corrected chi connectivity index (χ4v) is 3.32. The van der Waals surface area contributed by atoms with Crippen molar-refractivity contribution in [3.05, 3.63) is 63.2 Å². The summed E-state index contributed by atoms with van der Waals surface area (Å²) in [6.45, 7) is 1.81. The third-order valence-electron chi connectivity index (χ3n) is 4.37. The molecule has 4 N–H and O–H groups in total. The zero-order chi connectivity index (χ0) is 20.6. The van der Waals surface area contributed by atoms with Crippen LogP contribution in [0.5, 0.6) is 0 Å². The average molecular weight is 429 g/mol. The number of carbonyl (C=O) groups is 1. The molecule has 0 saturated heterocycles. The number of anilines is 1. The lowest BCUT2D eigenvalue weighted by Crippen LogP contribution is -2.48. The van der Waals surface area contributed by atoms with Gasteiger partial charge in [-0.3, -0.25) is 4.79 Å². The van der Waals surface area contributed by atoms with E-state index in [1.54, 1.807) is 6.92 Å². The molecule has 0 spiro atoms. The smallest absolute Gasteiger partial charge is 0.256 e. The molecule has 1 aromatic carbocycles. The lowest BCUT2D eigenvalue weighted by Gasteiger charge is -2.37. The fourth-order valence-electron chi connectivity index (χ4n) is 2.87. The number of halogens is 4. The number of nitrogens with two attached hydrogens (primary N) is 2. The largest absolute Gasteiger partial charge is 0.399 e. The fraction of sp³-hybridized carbons (Fsp3) is 0.235. The zero-order valence-corrected chi connectivity index (χ0v) is 16.2. The Bertz CT molecular complexity index is 953. The second kappa shape index (κ2) is 7.86. The molecule has 28 heavy (non-hydrogen) atoms. The number of carbonyl (C=O) groups excluding carboxylic acids is 1. The summed E-state index contributed by atoms with van der Waals surface area (Å²) in [5.41, 5.74) is 6.89. The maximum Gasteiger partial charge on any atom is 0.256 e. The summed E-state index contributed by atoms with van der Waals surface area (Å²) in [5, 5.41) is 0.633. The number of hydrazine groups is 1. The number of rotatable bonds is 3. The standard InChI is InChI=1S/C17H16Cl2F2N6O/c1-8-4-13(27(23)17-24-5-9(20)6-25-17)12(22)7-26(8)16(28)10-2-3-11(18)15(21)14(10)19/h2-3,5-6,8H,4,7,22-23H2,1H3/t8-/m1/s1. The first-order valence-corrected chi connectivity index (χ1v) is 8.90. The second-order valence-electron chi connectivity index (χ2n) is 6.25. The van der Waals surface area contributed by atoms with Gasteiger partial charge in [-0.1, -0.05) is 23.2 Å². The summed E-state index contributed by atoms with van der Waals surface area (Å²) < 4.78 is 27.0. The Balaban J connectivity index is 1.87. The van der Waals surface area contributed by atoms with Crippen molar-refractivity contribution in [2.24, 2.45) is 11.6 Å². The van der Waals surface area contributed by atoms with Gasteiger partial charge < -0.3 is 10.6 Å². The number of nitrogens with zero attached hydrogens (tertiary/aromatic N) is 4. The van der Waals surface area contributed by atoms with E-state index in [1.165, 1.54) is 17.0 Å². The predicted molar refractivity (Wildman–Crippen MR) is 101 cm³/mol. The lowest BCUT2D eigenvalue weighted by molar-refractivity contribution is 0.0695. The van der Waals surface area contributed by atoms with Gasteiger partial charge in [-0.2, -0.15) is 0 Å². The van der Waals surface area contributed by atoms with Crippen molar-refractivity contribution in [1.29, 1.82) is 0 Å². The SMILES string of the molecule is C[C@@H]1CC(N(N)c2ncc(F)cn2)=C(N)CN1C(=O)c1ccc(Cl)c(F)c1Cl. The van der Waals surface area contributed by atoms with Crippen LogP contribution in [-0.2, 0) is 0 Å². The number of amides is 1.